The lowest BCUT2D eigenvalue weighted by molar-refractivity contribution is -0.115. The zero-order chi connectivity index (χ0) is 19.8. The first-order valence-electron chi connectivity index (χ1n) is 9.25. The molecule has 0 aliphatic carbocycles. The highest BCUT2D eigenvalue weighted by Gasteiger charge is 2.15. The summed E-state index contributed by atoms with van der Waals surface area (Å²) < 4.78 is 16.4. The Balaban J connectivity index is 1.36. The van der Waals surface area contributed by atoms with Crippen LogP contribution in [0.1, 0.15) is 11.5 Å². The second-order valence-corrected chi connectivity index (χ2v) is 6.79. The van der Waals surface area contributed by atoms with Crippen LogP contribution in [0.25, 0.3) is 22.2 Å². The highest BCUT2D eigenvalue weighted by Crippen LogP contribution is 2.31. The van der Waals surface area contributed by atoms with Gasteiger partial charge in [-0.25, -0.2) is 4.98 Å². The Morgan fingerprint density at radius 2 is 2.00 bits per heavy atom. The van der Waals surface area contributed by atoms with Crippen LogP contribution in [-0.2, 0) is 11.2 Å². The first-order chi connectivity index (χ1) is 14.2. The van der Waals surface area contributed by atoms with E-state index in [1.165, 1.54) is 0 Å². The van der Waals surface area contributed by atoms with Crippen molar-refractivity contribution in [2.45, 2.75) is 13.3 Å². The molecule has 0 fully saturated rings. The summed E-state index contributed by atoms with van der Waals surface area (Å²) >= 11 is 0. The van der Waals surface area contributed by atoms with Gasteiger partial charge in [-0.1, -0.05) is 12.1 Å². The van der Waals surface area contributed by atoms with Gasteiger partial charge in [0.05, 0.1) is 11.9 Å². The third kappa shape index (κ3) is 3.40. The Labute approximate surface area is 165 Å². The number of oxazole rings is 1. The lowest BCUT2D eigenvalue weighted by atomic mass is 10.1. The zero-order valence-corrected chi connectivity index (χ0v) is 15.7. The SMILES string of the molecule is Cc1nc(-c2ccc3[nH]nc(NC(=O)Cc4ccc5c(c4)OCCO5)c3c2)co1. The van der Waals surface area contributed by atoms with Crippen molar-refractivity contribution in [3.63, 3.8) is 0 Å². The molecule has 0 radical (unpaired) electrons. The van der Waals surface area contributed by atoms with Crippen molar-refractivity contribution in [1.82, 2.24) is 15.2 Å². The van der Waals surface area contributed by atoms with Crippen molar-refractivity contribution in [2.75, 3.05) is 18.5 Å². The highest BCUT2D eigenvalue weighted by molar-refractivity contribution is 6.01. The number of rotatable bonds is 4. The first-order valence-corrected chi connectivity index (χ1v) is 9.25. The fraction of sp³-hybridized carbons (Fsp3) is 0.190. The third-order valence-electron chi connectivity index (χ3n) is 4.71. The number of hydrogen-bond acceptors (Lipinski definition) is 6. The van der Waals surface area contributed by atoms with Crippen LogP contribution in [0.15, 0.2) is 47.1 Å². The molecule has 1 aliphatic heterocycles. The van der Waals surface area contributed by atoms with Gasteiger partial charge in [-0.2, -0.15) is 5.10 Å². The molecule has 0 atom stereocenters. The van der Waals surface area contributed by atoms with Gasteiger partial charge in [0.15, 0.2) is 23.2 Å². The van der Waals surface area contributed by atoms with Crippen molar-refractivity contribution < 1.29 is 18.7 Å². The molecule has 4 aromatic rings. The van der Waals surface area contributed by atoms with Crippen molar-refractivity contribution in [2.24, 2.45) is 0 Å². The summed E-state index contributed by atoms with van der Waals surface area (Å²) in [6.45, 7) is 2.84. The van der Waals surface area contributed by atoms with E-state index in [-0.39, 0.29) is 12.3 Å². The van der Waals surface area contributed by atoms with Gasteiger partial charge in [-0.05, 0) is 29.8 Å². The molecule has 29 heavy (non-hydrogen) atoms. The number of aryl methyl sites for hydroxylation is 1. The zero-order valence-electron chi connectivity index (χ0n) is 15.7. The average Bonchev–Trinajstić information content (AvgIpc) is 3.34. The Morgan fingerprint density at radius 1 is 1.14 bits per heavy atom. The van der Waals surface area contributed by atoms with Crippen molar-refractivity contribution >= 4 is 22.6 Å². The summed E-state index contributed by atoms with van der Waals surface area (Å²) in [5.41, 5.74) is 3.28. The number of ether oxygens (including phenoxy) is 2. The number of fused-ring (bicyclic) bond motifs is 2. The van der Waals surface area contributed by atoms with Crippen LogP contribution in [0.5, 0.6) is 11.5 Å². The minimum absolute atomic E-state index is 0.169. The van der Waals surface area contributed by atoms with Gasteiger partial charge >= 0.3 is 0 Å². The predicted molar refractivity (Wildman–Crippen MR) is 106 cm³/mol. The summed E-state index contributed by atoms with van der Waals surface area (Å²) in [7, 11) is 0. The van der Waals surface area contributed by atoms with E-state index in [0.717, 1.165) is 27.7 Å². The molecule has 0 saturated carbocycles. The summed E-state index contributed by atoms with van der Waals surface area (Å²) in [6, 6.07) is 11.3. The van der Waals surface area contributed by atoms with Crippen LogP contribution in [0.4, 0.5) is 5.82 Å². The molecular formula is C21H18N4O4. The molecule has 8 nitrogen and oxygen atoms in total. The maximum absolute atomic E-state index is 12.6. The number of carbonyl (C=O) groups excluding carboxylic acids is 1. The molecule has 0 bridgehead atoms. The van der Waals surface area contributed by atoms with E-state index >= 15 is 0 Å². The molecule has 2 N–H and O–H groups in total. The van der Waals surface area contributed by atoms with Gasteiger partial charge in [-0.3, -0.25) is 9.89 Å². The summed E-state index contributed by atoms with van der Waals surface area (Å²) in [4.78, 5) is 16.9. The Hall–Kier alpha value is -3.81. The number of carbonyl (C=O) groups is 1. The molecule has 0 spiro atoms. The maximum Gasteiger partial charge on any atom is 0.230 e. The summed E-state index contributed by atoms with van der Waals surface area (Å²) in [5.74, 6) is 2.27. The Kier molecular flexibility index (Phi) is 4.16. The number of benzene rings is 2. The standard InChI is InChI=1S/C21H18N4O4/c1-12-22-17(11-29-12)14-3-4-16-15(10-14)21(25-24-16)23-20(26)9-13-2-5-18-19(8-13)28-7-6-27-18/h2-5,8,10-11H,6-7,9H2,1H3,(H2,23,24,25,26). The predicted octanol–water partition coefficient (Wildman–Crippen LogP) is 3.48. The van der Waals surface area contributed by atoms with Crippen molar-refractivity contribution in [1.29, 1.82) is 0 Å². The van der Waals surface area contributed by atoms with E-state index in [1.807, 2.05) is 36.4 Å². The van der Waals surface area contributed by atoms with E-state index in [2.05, 4.69) is 20.5 Å². The highest BCUT2D eigenvalue weighted by atomic mass is 16.6. The maximum atomic E-state index is 12.6. The van der Waals surface area contributed by atoms with Gasteiger partial charge in [-0.15, -0.1) is 0 Å². The fourth-order valence-electron chi connectivity index (χ4n) is 3.32. The molecule has 2 aromatic carbocycles. The molecular weight excluding hydrogens is 372 g/mol. The van der Waals surface area contributed by atoms with Crippen LogP contribution >= 0.6 is 0 Å². The van der Waals surface area contributed by atoms with Gasteiger partial charge in [0, 0.05) is 17.9 Å². The average molecular weight is 390 g/mol. The smallest absolute Gasteiger partial charge is 0.230 e. The van der Waals surface area contributed by atoms with Crippen LogP contribution in [0.2, 0.25) is 0 Å². The number of nitrogens with one attached hydrogen (secondary N) is 2. The van der Waals surface area contributed by atoms with Gasteiger partial charge < -0.3 is 19.2 Å². The van der Waals surface area contributed by atoms with Crippen LogP contribution in [0.3, 0.4) is 0 Å². The number of aromatic amines is 1. The lowest BCUT2D eigenvalue weighted by Gasteiger charge is -2.18. The van der Waals surface area contributed by atoms with E-state index in [1.54, 1.807) is 13.2 Å². The van der Waals surface area contributed by atoms with Crippen molar-refractivity contribution in [3.8, 4) is 22.8 Å². The van der Waals surface area contributed by atoms with E-state index in [4.69, 9.17) is 13.9 Å². The van der Waals surface area contributed by atoms with E-state index in [9.17, 15) is 4.79 Å². The molecule has 5 rings (SSSR count). The monoisotopic (exact) mass is 390 g/mol. The fourth-order valence-corrected chi connectivity index (χ4v) is 3.32. The van der Waals surface area contributed by atoms with Gasteiger partial charge in [0.1, 0.15) is 25.2 Å². The quantitative estimate of drug-likeness (QED) is 0.553. The van der Waals surface area contributed by atoms with Crippen LogP contribution in [0, 0.1) is 6.92 Å². The molecule has 2 aromatic heterocycles. The molecule has 0 unspecified atom stereocenters. The molecule has 146 valence electrons. The number of H-pyrrole nitrogens is 1. The first kappa shape index (κ1) is 17.3. The Bertz CT molecular complexity index is 1210. The normalized spacial score (nSPS) is 12.9. The van der Waals surface area contributed by atoms with E-state index in [0.29, 0.717) is 36.4 Å². The minimum atomic E-state index is -0.169. The number of amides is 1. The number of aromatic nitrogens is 3. The summed E-state index contributed by atoms with van der Waals surface area (Å²) in [6.07, 6.45) is 1.81. The number of anilines is 1. The number of nitrogens with zero attached hydrogens (tertiary/aromatic N) is 2. The van der Waals surface area contributed by atoms with Gasteiger partial charge in [0.2, 0.25) is 5.91 Å². The second kappa shape index (κ2) is 6.97. The van der Waals surface area contributed by atoms with Crippen LogP contribution in [-0.4, -0.2) is 34.3 Å². The second-order valence-electron chi connectivity index (χ2n) is 6.79. The molecule has 0 saturated heterocycles. The topological polar surface area (TPSA) is 102 Å². The Morgan fingerprint density at radius 3 is 2.83 bits per heavy atom. The van der Waals surface area contributed by atoms with Crippen LogP contribution < -0.4 is 14.8 Å². The molecule has 1 aliphatic rings. The molecule has 1 amide bonds. The lowest BCUT2D eigenvalue weighted by Crippen LogP contribution is -2.17. The number of hydrogen-bond donors (Lipinski definition) is 2. The van der Waals surface area contributed by atoms with Crippen molar-refractivity contribution in [3.05, 3.63) is 54.1 Å². The molecule has 8 heteroatoms. The van der Waals surface area contributed by atoms with E-state index < -0.39 is 0 Å². The summed E-state index contributed by atoms with van der Waals surface area (Å²) in [5, 5.41) is 10.9. The minimum Gasteiger partial charge on any atom is -0.486 e. The third-order valence-corrected chi connectivity index (χ3v) is 4.71. The largest absolute Gasteiger partial charge is 0.486 e. The van der Waals surface area contributed by atoms with Gasteiger partial charge in [0.25, 0.3) is 0 Å². The molecule has 3 heterocycles.